The third-order valence-corrected chi connectivity index (χ3v) is 4.97. The van der Waals surface area contributed by atoms with Crippen LogP contribution < -0.4 is 0 Å². The molecule has 1 fully saturated rings. The largest absolute Gasteiger partial charge is 0.385 e. The number of hydrogen-bond donors (Lipinski definition) is 1. The van der Waals surface area contributed by atoms with Crippen molar-refractivity contribution in [2.24, 2.45) is 0 Å². The van der Waals surface area contributed by atoms with Crippen LogP contribution in [-0.4, -0.2) is 19.8 Å². The molecule has 72 valence electrons. The van der Waals surface area contributed by atoms with Crippen LogP contribution >= 0.6 is 11.3 Å². The molecule has 2 rings (SSSR count). The van der Waals surface area contributed by atoms with Gasteiger partial charge in [0.05, 0.1) is 5.60 Å². The lowest BCUT2D eigenvalue weighted by molar-refractivity contribution is 0.152. The number of hydrogen-bond acceptors (Lipinski definition) is 4. The van der Waals surface area contributed by atoms with Crippen LogP contribution in [0.5, 0.6) is 0 Å². The molecule has 1 aliphatic rings. The second-order valence-electron chi connectivity index (χ2n) is 3.46. The smallest absolute Gasteiger partial charge is 0.184 e. The standard InChI is InChI=1S/C8H10O3S2/c1-13(10,11)7-4-6(5-12-7)8(9)2-3-8/h4-5,9H,2-3H2,1H3. The SMILES string of the molecule is CS(=O)(=O)c1cc(C2(O)CC2)cs1. The van der Waals surface area contributed by atoms with Gasteiger partial charge in [0.15, 0.2) is 9.84 Å². The van der Waals surface area contributed by atoms with E-state index in [4.69, 9.17) is 0 Å². The Hall–Kier alpha value is -0.390. The van der Waals surface area contributed by atoms with Crippen LogP contribution in [0, 0.1) is 0 Å². The van der Waals surface area contributed by atoms with E-state index >= 15 is 0 Å². The molecule has 0 saturated heterocycles. The third-order valence-electron chi connectivity index (χ3n) is 2.20. The van der Waals surface area contributed by atoms with E-state index in [1.165, 1.54) is 17.6 Å². The predicted octanol–water partition coefficient (Wildman–Crippen LogP) is 1.13. The molecule has 5 heteroatoms. The lowest BCUT2D eigenvalue weighted by atomic mass is 10.2. The number of rotatable bonds is 2. The van der Waals surface area contributed by atoms with Gasteiger partial charge in [-0.15, -0.1) is 11.3 Å². The highest BCUT2D eigenvalue weighted by atomic mass is 32.2. The Morgan fingerprint density at radius 2 is 2.15 bits per heavy atom. The van der Waals surface area contributed by atoms with Crippen LogP contribution in [0.4, 0.5) is 0 Å². The van der Waals surface area contributed by atoms with E-state index in [0.717, 1.165) is 18.4 Å². The van der Waals surface area contributed by atoms with Gasteiger partial charge in [-0.2, -0.15) is 0 Å². The lowest BCUT2D eigenvalue weighted by Crippen LogP contribution is -2.02. The quantitative estimate of drug-likeness (QED) is 0.809. The molecule has 0 aromatic carbocycles. The van der Waals surface area contributed by atoms with Gasteiger partial charge in [-0.05, 0) is 29.9 Å². The average molecular weight is 218 g/mol. The van der Waals surface area contributed by atoms with Gasteiger partial charge < -0.3 is 5.11 Å². The molecule has 0 aliphatic heterocycles. The van der Waals surface area contributed by atoms with Gasteiger partial charge in [0.1, 0.15) is 4.21 Å². The summed E-state index contributed by atoms with van der Waals surface area (Å²) in [5.41, 5.74) is 0.0253. The van der Waals surface area contributed by atoms with Crippen LogP contribution in [0.15, 0.2) is 15.7 Å². The Kier molecular flexibility index (Phi) is 1.80. The van der Waals surface area contributed by atoms with Crippen molar-refractivity contribution in [3.63, 3.8) is 0 Å². The van der Waals surface area contributed by atoms with Crippen molar-refractivity contribution >= 4 is 21.2 Å². The minimum atomic E-state index is -3.11. The van der Waals surface area contributed by atoms with Gasteiger partial charge in [-0.1, -0.05) is 0 Å². The maximum Gasteiger partial charge on any atom is 0.184 e. The van der Waals surface area contributed by atoms with Gasteiger partial charge in [-0.25, -0.2) is 8.42 Å². The molecule has 1 aromatic heterocycles. The first-order valence-electron chi connectivity index (χ1n) is 3.93. The van der Waals surface area contributed by atoms with Crippen molar-refractivity contribution in [2.75, 3.05) is 6.26 Å². The molecule has 1 aliphatic carbocycles. The molecule has 1 saturated carbocycles. The summed E-state index contributed by atoms with van der Waals surface area (Å²) in [5, 5.41) is 11.4. The average Bonchev–Trinajstić information content (AvgIpc) is 2.60. The zero-order chi connectivity index (χ0) is 9.69. The van der Waals surface area contributed by atoms with E-state index in [2.05, 4.69) is 0 Å². The molecule has 0 radical (unpaired) electrons. The minimum Gasteiger partial charge on any atom is -0.385 e. The molecular weight excluding hydrogens is 208 g/mol. The fraction of sp³-hybridized carbons (Fsp3) is 0.500. The first-order valence-corrected chi connectivity index (χ1v) is 6.70. The van der Waals surface area contributed by atoms with Gasteiger partial charge in [0.2, 0.25) is 0 Å². The van der Waals surface area contributed by atoms with E-state index in [0.29, 0.717) is 4.21 Å². The zero-order valence-electron chi connectivity index (χ0n) is 7.15. The third kappa shape index (κ3) is 1.63. The molecular formula is C8H10O3S2. The molecule has 1 heterocycles. The molecule has 0 spiro atoms. The van der Waals surface area contributed by atoms with Crippen molar-refractivity contribution in [3.05, 3.63) is 17.0 Å². The summed E-state index contributed by atoms with van der Waals surface area (Å²) in [4.78, 5) is 0. The minimum absolute atomic E-state index is 0.336. The summed E-state index contributed by atoms with van der Waals surface area (Å²) in [6.45, 7) is 0. The van der Waals surface area contributed by atoms with E-state index in [1.54, 1.807) is 11.4 Å². The maximum atomic E-state index is 11.1. The van der Waals surface area contributed by atoms with Crippen molar-refractivity contribution in [3.8, 4) is 0 Å². The number of sulfone groups is 1. The van der Waals surface area contributed by atoms with E-state index < -0.39 is 15.4 Å². The van der Waals surface area contributed by atoms with Crippen molar-refractivity contribution in [2.45, 2.75) is 22.7 Å². The Morgan fingerprint density at radius 3 is 2.54 bits per heavy atom. The van der Waals surface area contributed by atoms with Gasteiger partial charge in [0.25, 0.3) is 0 Å². The Labute approximate surface area is 80.9 Å². The summed E-state index contributed by atoms with van der Waals surface area (Å²) in [7, 11) is -3.11. The predicted molar refractivity (Wildman–Crippen MR) is 50.6 cm³/mol. The topological polar surface area (TPSA) is 54.4 Å². The molecule has 0 amide bonds. The number of aliphatic hydroxyl groups is 1. The second-order valence-corrected chi connectivity index (χ2v) is 6.61. The molecule has 1 N–H and O–H groups in total. The zero-order valence-corrected chi connectivity index (χ0v) is 8.78. The first-order chi connectivity index (χ1) is 5.92. The second kappa shape index (κ2) is 2.56. The van der Waals surface area contributed by atoms with Crippen molar-refractivity contribution in [1.82, 2.24) is 0 Å². The fourth-order valence-corrected chi connectivity index (χ4v) is 3.07. The van der Waals surface area contributed by atoms with Crippen molar-refractivity contribution < 1.29 is 13.5 Å². The molecule has 1 aromatic rings. The fourth-order valence-electron chi connectivity index (χ4n) is 1.16. The monoisotopic (exact) mass is 218 g/mol. The normalized spacial score (nSPS) is 20.2. The summed E-state index contributed by atoms with van der Waals surface area (Å²) in [6.07, 6.45) is 2.67. The van der Waals surface area contributed by atoms with Gasteiger partial charge in [-0.3, -0.25) is 0 Å². The maximum absolute atomic E-state index is 11.1. The Bertz CT molecular complexity index is 426. The van der Waals surface area contributed by atoms with E-state index in [-0.39, 0.29) is 0 Å². The van der Waals surface area contributed by atoms with Crippen LogP contribution in [0.25, 0.3) is 0 Å². The van der Waals surface area contributed by atoms with Gasteiger partial charge in [0, 0.05) is 6.26 Å². The molecule has 0 atom stereocenters. The van der Waals surface area contributed by atoms with Gasteiger partial charge >= 0.3 is 0 Å². The number of thiophene rings is 1. The van der Waals surface area contributed by atoms with E-state index in [1.807, 2.05) is 0 Å². The van der Waals surface area contributed by atoms with Crippen molar-refractivity contribution in [1.29, 1.82) is 0 Å². The highest BCUT2D eigenvalue weighted by molar-refractivity contribution is 7.92. The van der Waals surface area contributed by atoms with Crippen LogP contribution in [0.2, 0.25) is 0 Å². The molecule has 13 heavy (non-hydrogen) atoms. The van der Waals surface area contributed by atoms with Crippen LogP contribution in [0.3, 0.4) is 0 Å². The summed E-state index contributed by atoms with van der Waals surface area (Å²) in [6, 6.07) is 1.58. The van der Waals surface area contributed by atoms with E-state index in [9.17, 15) is 13.5 Å². The summed E-state index contributed by atoms with van der Waals surface area (Å²) in [5.74, 6) is 0. The highest BCUT2D eigenvalue weighted by Gasteiger charge is 2.43. The summed E-state index contributed by atoms with van der Waals surface area (Å²) >= 11 is 1.18. The van der Waals surface area contributed by atoms with Crippen LogP contribution in [0.1, 0.15) is 18.4 Å². The molecule has 0 unspecified atom stereocenters. The molecule has 0 bridgehead atoms. The first kappa shape index (κ1) is 9.18. The Morgan fingerprint density at radius 1 is 1.54 bits per heavy atom. The summed E-state index contributed by atoms with van der Waals surface area (Å²) < 4.78 is 22.6. The highest BCUT2D eigenvalue weighted by Crippen LogP contribution is 2.46. The molecule has 3 nitrogen and oxygen atoms in total. The van der Waals surface area contributed by atoms with Crippen LogP contribution in [-0.2, 0) is 15.4 Å². The Balaban J connectivity index is 2.39. The lowest BCUT2D eigenvalue weighted by Gasteiger charge is -2.01.